The summed E-state index contributed by atoms with van der Waals surface area (Å²) in [5.41, 5.74) is 1.18. The molecule has 0 radical (unpaired) electrons. The number of hydrogen-bond donors (Lipinski definition) is 0. The standard InChI is InChI=1S/C16H26N2O3/c1-19-13-14(20-2)12-17-8-10-18(11-9-17)15-6-4-5-7-16(15)21-3/h4-7,14H,8-13H2,1-3H3. The third kappa shape index (κ3) is 4.33. The number of anilines is 1. The Bertz CT molecular complexity index is 420. The zero-order chi connectivity index (χ0) is 15.1. The first-order valence-corrected chi connectivity index (χ1v) is 7.40. The van der Waals surface area contributed by atoms with Crippen LogP contribution >= 0.6 is 0 Å². The van der Waals surface area contributed by atoms with Crippen LogP contribution in [-0.2, 0) is 9.47 Å². The number of piperazine rings is 1. The first-order valence-electron chi connectivity index (χ1n) is 7.40. The molecule has 0 N–H and O–H groups in total. The quantitative estimate of drug-likeness (QED) is 0.761. The van der Waals surface area contributed by atoms with Gasteiger partial charge < -0.3 is 19.1 Å². The van der Waals surface area contributed by atoms with Gasteiger partial charge in [0.1, 0.15) is 5.75 Å². The molecule has 0 spiro atoms. The highest BCUT2D eigenvalue weighted by Crippen LogP contribution is 2.28. The third-order valence-electron chi connectivity index (χ3n) is 3.95. The predicted octanol–water partition coefficient (Wildman–Crippen LogP) is 1.48. The lowest BCUT2D eigenvalue weighted by atomic mass is 10.2. The van der Waals surface area contributed by atoms with Crippen molar-refractivity contribution in [3.63, 3.8) is 0 Å². The van der Waals surface area contributed by atoms with E-state index in [9.17, 15) is 0 Å². The summed E-state index contributed by atoms with van der Waals surface area (Å²) >= 11 is 0. The van der Waals surface area contributed by atoms with Crippen LogP contribution in [0.3, 0.4) is 0 Å². The van der Waals surface area contributed by atoms with E-state index in [0.29, 0.717) is 6.61 Å². The van der Waals surface area contributed by atoms with Crippen molar-refractivity contribution >= 4 is 5.69 Å². The molecule has 1 heterocycles. The van der Waals surface area contributed by atoms with Crippen molar-refractivity contribution in [3.8, 4) is 5.75 Å². The Morgan fingerprint density at radius 3 is 2.38 bits per heavy atom. The number of ether oxygens (including phenoxy) is 3. The van der Waals surface area contributed by atoms with Gasteiger partial charge in [-0.3, -0.25) is 4.90 Å². The number of hydrogen-bond acceptors (Lipinski definition) is 5. The molecule has 0 saturated carbocycles. The Labute approximate surface area is 127 Å². The van der Waals surface area contributed by atoms with E-state index in [1.165, 1.54) is 5.69 Å². The highest BCUT2D eigenvalue weighted by atomic mass is 16.5. The monoisotopic (exact) mass is 294 g/mol. The lowest BCUT2D eigenvalue weighted by Crippen LogP contribution is -2.49. The molecule has 1 atom stereocenters. The van der Waals surface area contributed by atoms with E-state index in [0.717, 1.165) is 38.5 Å². The van der Waals surface area contributed by atoms with Crippen LogP contribution in [0.1, 0.15) is 0 Å². The second-order valence-corrected chi connectivity index (χ2v) is 5.27. The summed E-state index contributed by atoms with van der Waals surface area (Å²) in [5, 5.41) is 0. The van der Waals surface area contributed by atoms with Gasteiger partial charge in [-0.1, -0.05) is 12.1 Å². The molecule has 1 aromatic rings. The average molecular weight is 294 g/mol. The molecule has 1 saturated heterocycles. The van der Waals surface area contributed by atoms with Crippen LogP contribution in [0.2, 0.25) is 0 Å². The molecule has 0 amide bonds. The molecule has 5 heteroatoms. The van der Waals surface area contributed by atoms with Crippen molar-refractivity contribution in [3.05, 3.63) is 24.3 Å². The van der Waals surface area contributed by atoms with Crippen LogP contribution < -0.4 is 9.64 Å². The Morgan fingerprint density at radius 1 is 1.05 bits per heavy atom. The van der Waals surface area contributed by atoms with E-state index in [1.54, 1.807) is 21.3 Å². The van der Waals surface area contributed by atoms with Gasteiger partial charge in [0.25, 0.3) is 0 Å². The summed E-state index contributed by atoms with van der Waals surface area (Å²) in [6, 6.07) is 8.20. The molecule has 0 aliphatic carbocycles. The molecule has 21 heavy (non-hydrogen) atoms. The second kappa shape index (κ2) is 8.22. The van der Waals surface area contributed by atoms with Crippen molar-refractivity contribution in [1.82, 2.24) is 4.90 Å². The molecular formula is C16H26N2O3. The van der Waals surface area contributed by atoms with Gasteiger partial charge in [0.15, 0.2) is 0 Å². The fourth-order valence-electron chi connectivity index (χ4n) is 2.73. The highest BCUT2D eigenvalue weighted by Gasteiger charge is 2.21. The SMILES string of the molecule is COCC(CN1CCN(c2ccccc2OC)CC1)OC. The molecule has 2 rings (SSSR count). The molecule has 1 fully saturated rings. The van der Waals surface area contributed by atoms with Gasteiger partial charge in [-0.05, 0) is 12.1 Å². The van der Waals surface area contributed by atoms with Crippen molar-refractivity contribution in [2.24, 2.45) is 0 Å². The molecule has 1 aliphatic heterocycles. The largest absolute Gasteiger partial charge is 0.495 e. The van der Waals surface area contributed by atoms with Crippen molar-refractivity contribution in [2.45, 2.75) is 6.10 Å². The lowest BCUT2D eigenvalue weighted by Gasteiger charge is -2.37. The van der Waals surface area contributed by atoms with Crippen LogP contribution in [0.5, 0.6) is 5.75 Å². The van der Waals surface area contributed by atoms with Crippen molar-refractivity contribution < 1.29 is 14.2 Å². The summed E-state index contributed by atoms with van der Waals surface area (Å²) in [4.78, 5) is 4.81. The fraction of sp³-hybridized carbons (Fsp3) is 0.625. The minimum absolute atomic E-state index is 0.146. The normalized spacial score (nSPS) is 17.8. The molecule has 118 valence electrons. The van der Waals surface area contributed by atoms with E-state index in [2.05, 4.69) is 21.9 Å². The number of nitrogens with zero attached hydrogens (tertiary/aromatic N) is 2. The van der Waals surface area contributed by atoms with Gasteiger partial charge >= 0.3 is 0 Å². The Balaban J connectivity index is 1.88. The van der Waals surface area contributed by atoms with Crippen LogP contribution in [0.25, 0.3) is 0 Å². The summed E-state index contributed by atoms with van der Waals surface area (Å²) in [6.07, 6.45) is 0.146. The maximum absolute atomic E-state index is 5.45. The third-order valence-corrected chi connectivity index (χ3v) is 3.95. The maximum Gasteiger partial charge on any atom is 0.142 e. The van der Waals surface area contributed by atoms with E-state index >= 15 is 0 Å². The van der Waals surface area contributed by atoms with E-state index in [4.69, 9.17) is 14.2 Å². The summed E-state index contributed by atoms with van der Waals surface area (Å²) in [6.45, 7) is 5.63. The van der Waals surface area contributed by atoms with Crippen molar-refractivity contribution in [1.29, 1.82) is 0 Å². The molecule has 1 aromatic carbocycles. The van der Waals surface area contributed by atoms with Crippen molar-refractivity contribution in [2.75, 3.05) is 65.6 Å². The second-order valence-electron chi connectivity index (χ2n) is 5.27. The number of methoxy groups -OCH3 is 3. The molecular weight excluding hydrogens is 268 g/mol. The minimum atomic E-state index is 0.146. The Kier molecular flexibility index (Phi) is 6.29. The molecule has 0 aromatic heterocycles. The van der Waals surface area contributed by atoms with E-state index in [-0.39, 0.29) is 6.10 Å². The zero-order valence-corrected chi connectivity index (χ0v) is 13.2. The summed E-state index contributed by atoms with van der Waals surface area (Å²) < 4.78 is 16.1. The van der Waals surface area contributed by atoms with Crippen LogP contribution in [-0.4, -0.2) is 71.7 Å². The zero-order valence-electron chi connectivity index (χ0n) is 13.2. The predicted molar refractivity (Wildman–Crippen MR) is 84.3 cm³/mol. The van der Waals surface area contributed by atoms with E-state index in [1.807, 2.05) is 12.1 Å². The number of rotatable bonds is 7. The van der Waals surface area contributed by atoms with Gasteiger partial charge in [-0.25, -0.2) is 0 Å². The highest BCUT2D eigenvalue weighted by molar-refractivity contribution is 5.58. The Morgan fingerprint density at radius 2 is 1.76 bits per heavy atom. The van der Waals surface area contributed by atoms with Crippen LogP contribution in [0, 0.1) is 0 Å². The molecule has 1 aliphatic rings. The Hall–Kier alpha value is -1.30. The van der Waals surface area contributed by atoms with Crippen LogP contribution in [0.15, 0.2) is 24.3 Å². The number of benzene rings is 1. The molecule has 5 nitrogen and oxygen atoms in total. The van der Waals surface area contributed by atoms with Crippen LogP contribution in [0.4, 0.5) is 5.69 Å². The van der Waals surface area contributed by atoms with Gasteiger partial charge in [0.2, 0.25) is 0 Å². The fourth-order valence-corrected chi connectivity index (χ4v) is 2.73. The average Bonchev–Trinajstić information content (AvgIpc) is 2.55. The van der Waals surface area contributed by atoms with Gasteiger partial charge in [-0.2, -0.15) is 0 Å². The topological polar surface area (TPSA) is 34.2 Å². The maximum atomic E-state index is 5.45. The molecule has 0 bridgehead atoms. The smallest absolute Gasteiger partial charge is 0.142 e. The lowest BCUT2D eigenvalue weighted by molar-refractivity contribution is 0.00516. The van der Waals surface area contributed by atoms with Gasteiger partial charge in [-0.15, -0.1) is 0 Å². The first kappa shape index (κ1) is 16.1. The molecule has 1 unspecified atom stereocenters. The van der Waals surface area contributed by atoms with Gasteiger partial charge in [0, 0.05) is 46.9 Å². The summed E-state index contributed by atoms with van der Waals surface area (Å²) in [5.74, 6) is 0.945. The minimum Gasteiger partial charge on any atom is -0.495 e. The van der Waals surface area contributed by atoms with E-state index < -0.39 is 0 Å². The first-order chi connectivity index (χ1) is 10.3. The number of para-hydroxylation sites is 2. The van der Waals surface area contributed by atoms with Gasteiger partial charge in [0.05, 0.1) is 25.5 Å². The summed E-state index contributed by atoms with van der Waals surface area (Å²) in [7, 11) is 5.18.